The van der Waals surface area contributed by atoms with Gasteiger partial charge in [-0.05, 0) is 6.42 Å². The molecule has 0 radical (unpaired) electrons. The molecule has 0 aliphatic heterocycles. The summed E-state index contributed by atoms with van der Waals surface area (Å²) in [6, 6.07) is 0.0108. The number of amides is 1. The molecule has 1 aromatic rings. The molecule has 0 bridgehead atoms. The van der Waals surface area contributed by atoms with Crippen LogP contribution in [0.3, 0.4) is 0 Å². The number of hydrogen-bond acceptors (Lipinski definition) is 4. The van der Waals surface area contributed by atoms with Gasteiger partial charge in [0.1, 0.15) is 6.26 Å². The molecule has 0 aromatic carbocycles. The van der Waals surface area contributed by atoms with Gasteiger partial charge in [-0.25, -0.2) is 0 Å². The Morgan fingerprint density at radius 1 is 1.83 bits per heavy atom. The van der Waals surface area contributed by atoms with Gasteiger partial charge in [-0.3, -0.25) is 4.79 Å². The number of hydrogen-bond donors (Lipinski definition) is 2. The van der Waals surface area contributed by atoms with E-state index in [1.807, 2.05) is 6.92 Å². The second-order valence-electron chi connectivity index (χ2n) is 2.33. The summed E-state index contributed by atoms with van der Waals surface area (Å²) in [6.45, 7) is 2.60. The first-order valence-corrected chi connectivity index (χ1v) is 3.73. The minimum Gasteiger partial charge on any atom is -0.431 e. The van der Waals surface area contributed by atoms with Crippen LogP contribution in [0.25, 0.3) is 0 Å². The van der Waals surface area contributed by atoms with Gasteiger partial charge in [0.2, 0.25) is 0 Å². The molecule has 66 valence electrons. The van der Waals surface area contributed by atoms with Gasteiger partial charge in [0.15, 0.2) is 5.69 Å². The van der Waals surface area contributed by atoms with Crippen LogP contribution in [0.5, 0.6) is 0 Å². The molecule has 1 amide bonds. The van der Waals surface area contributed by atoms with Gasteiger partial charge in [0.25, 0.3) is 11.9 Å². The summed E-state index contributed by atoms with van der Waals surface area (Å²) in [5, 5.41) is 2.64. The standard InChI is InChI=1S/C7H11N3O2/c1-2-3-9-6(11)5-4-12-7(8)10-5/h4H,2-3H2,1H3,(H2,8,10)(H,9,11). The quantitative estimate of drug-likeness (QED) is 0.686. The molecule has 0 atom stereocenters. The molecule has 5 nitrogen and oxygen atoms in total. The highest BCUT2D eigenvalue weighted by Gasteiger charge is 2.08. The van der Waals surface area contributed by atoms with E-state index in [2.05, 4.69) is 14.7 Å². The molecule has 0 aliphatic rings. The molecule has 12 heavy (non-hydrogen) atoms. The number of carbonyl (C=O) groups is 1. The Morgan fingerprint density at radius 2 is 2.58 bits per heavy atom. The Hall–Kier alpha value is -1.52. The van der Waals surface area contributed by atoms with Crippen molar-refractivity contribution in [2.75, 3.05) is 12.3 Å². The minimum absolute atomic E-state index is 0.0108. The third-order valence-corrected chi connectivity index (χ3v) is 1.29. The normalized spacial score (nSPS) is 9.75. The SMILES string of the molecule is CCCNC(=O)c1coc(N)n1. The van der Waals surface area contributed by atoms with E-state index in [1.165, 1.54) is 6.26 Å². The maximum absolute atomic E-state index is 11.1. The molecular weight excluding hydrogens is 158 g/mol. The van der Waals surface area contributed by atoms with E-state index in [0.717, 1.165) is 6.42 Å². The number of nitrogens with two attached hydrogens (primary N) is 1. The second-order valence-corrected chi connectivity index (χ2v) is 2.33. The van der Waals surface area contributed by atoms with E-state index in [-0.39, 0.29) is 17.6 Å². The summed E-state index contributed by atoms with van der Waals surface area (Å²) in [4.78, 5) is 14.8. The second kappa shape index (κ2) is 3.75. The lowest BCUT2D eigenvalue weighted by Crippen LogP contribution is -2.24. The van der Waals surface area contributed by atoms with Crippen molar-refractivity contribution < 1.29 is 9.21 Å². The number of nitrogen functional groups attached to an aromatic ring is 1. The summed E-state index contributed by atoms with van der Waals surface area (Å²) >= 11 is 0. The molecule has 3 N–H and O–H groups in total. The van der Waals surface area contributed by atoms with Crippen molar-refractivity contribution in [2.24, 2.45) is 0 Å². The Kier molecular flexibility index (Phi) is 2.68. The number of oxazole rings is 1. The van der Waals surface area contributed by atoms with Crippen LogP contribution in [-0.4, -0.2) is 17.4 Å². The van der Waals surface area contributed by atoms with Crippen LogP contribution < -0.4 is 11.1 Å². The fraction of sp³-hybridized carbons (Fsp3) is 0.429. The molecule has 0 fully saturated rings. The Balaban J connectivity index is 2.53. The fourth-order valence-electron chi connectivity index (χ4n) is 0.721. The third kappa shape index (κ3) is 1.98. The van der Waals surface area contributed by atoms with Gasteiger partial charge in [0, 0.05) is 6.54 Å². The summed E-state index contributed by atoms with van der Waals surface area (Å²) in [7, 11) is 0. The van der Waals surface area contributed by atoms with Crippen molar-refractivity contribution in [3.63, 3.8) is 0 Å². The third-order valence-electron chi connectivity index (χ3n) is 1.29. The van der Waals surface area contributed by atoms with Gasteiger partial charge in [0.05, 0.1) is 0 Å². The van der Waals surface area contributed by atoms with E-state index in [1.54, 1.807) is 0 Å². The lowest BCUT2D eigenvalue weighted by Gasteiger charge is -1.97. The summed E-state index contributed by atoms with van der Waals surface area (Å²) < 4.78 is 4.67. The zero-order valence-corrected chi connectivity index (χ0v) is 6.83. The van der Waals surface area contributed by atoms with E-state index >= 15 is 0 Å². The van der Waals surface area contributed by atoms with E-state index in [0.29, 0.717) is 6.54 Å². The van der Waals surface area contributed by atoms with E-state index < -0.39 is 0 Å². The van der Waals surface area contributed by atoms with Crippen LogP contribution in [0, 0.1) is 0 Å². The lowest BCUT2D eigenvalue weighted by atomic mass is 10.4. The maximum Gasteiger partial charge on any atom is 0.292 e. The topological polar surface area (TPSA) is 81.2 Å². The molecule has 1 aromatic heterocycles. The molecule has 1 heterocycles. The van der Waals surface area contributed by atoms with Crippen molar-refractivity contribution in [3.8, 4) is 0 Å². The highest BCUT2D eigenvalue weighted by atomic mass is 16.4. The van der Waals surface area contributed by atoms with Gasteiger partial charge in [-0.2, -0.15) is 4.98 Å². The molecule has 0 saturated heterocycles. The van der Waals surface area contributed by atoms with Crippen LogP contribution in [0.4, 0.5) is 6.01 Å². The largest absolute Gasteiger partial charge is 0.431 e. The maximum atomic E-state index is 11.1. The monoisotopic (exact) mass is 169 g/mol. The molecule has 5 heteroatoms. The van der Waals surface area contributed by atoms with Crippen LogP contribution in [-0.2, 0) is 0 Å². The van der Waals surface area contributed by atoms with Crippen molar-refractivity contribution in [1.29, 1.82) is 0 Å². The van der Waals surface area contributed by atoms with Crippen LogP contribution >= 0.6 is 0 Å². The molecule has 0 saturated carbocycles. The predicted octanol–water partition coefficient (Wildman–Crippen LogP) is 0.397. The first kappa shape index (κ1) is 8.58. The van der Waals surface area contributed by atoms with Crippen molar-refractivity contribution >= 4 is 11.9 Å². The Morgan fingerprint density at radius 3 is 3.08 bits per heavy atom. The van der Waals surface area contributed by atoms with Crippen molar-refractivity contribution in [3.05, 3.63) is 12.0 Å². The van der Waals surface area contributed by atoms with Crippen LogP contribution in [0.15, 0.2) is 10.7 Å². The van der Waals surface area contributed by atoms with Gasteiger partial charge in [-0.15, -0.1) is 0 Å². The summed E-state index contributed by atoms with van der Waals surface area (Å²) in [6.07, 6.45) is 2.12. The van der Waals surface area contributed by atoms with E-state index in [4.69, 9.17) is 5.73 Å². The smallest absolute Gasteiger partial charge is 0.292 e. The zero-order valence-electron chi connectivity index (χ0n) is 6.83. The first-order valence-electron chi connectivity index (χ1n) is 3.73. The zero-order chi connectivity index (χ0) is 8.97. The molecule has 0 unspecified atom stereocenters. The molecule has 0 aliphatic carbocycles. The fourth-order valence-corrected chi connectivity index (χ4v) is 0.721. The van der Waals surface area contributed by atoms with Crippen LogP contribution in [0.2, 0.25) is 0 Å². The summed E-state index contributed by atoms with van der Waals surface area (Å²) in [5.74, 6) is -0.252. The van der Waals surface area contributed by atoms with Crippen LogP contribution in [0.1, 0.15) is 23.8 Å². The molecule has 1 rings (SSSR count). The number of nitrogens with zero attached hydrogens (tertiary/aromatic N) is 1. The lowest BCUT2D eigenvalue weighted by molar-refractivity contribution is 0.0948. The molecular formula is C7H11N3O2. The summed E-state index contributed by atoms with van der Waals surface area (Å²) in [5.41, 5.74) is 5.41. The van der Waals surface area contributed by atoms with Crippen molar-refractivity contribution in [2.45, 2.75) is 13.3 Å². The Labute approximate surface area is 70.0 Å². The molecule has 0 spiro atoms. The number of nitrogens with one attached hydrogen (secondary N) is 1. The number of rotatable bonds is 3. The average Bonchev–Trinajstić information content (AvgIpc) is 2.47. The van der Waals surface area contributed by atoms with E-state index in [9.17, 15) is 4.79 Å². The van der Waals surface area contributed by atoms with Gasteiger partial charge < -0.3 is 15.5 Å². The van der Waals surface area contributed by atoms with Crippen molar-refractivity contribution in [1.82, 2.24) is 10.3 Å². The average molecular weight is 169 g/mol. The minimum atomic E-state index is -0.252. The van der Waals surface area contributed by atoms with Gasteiger partial charge >= 0.3 is 0 Å². The predicted molar refractivity (Wildman–Crippen MR) is 43.5 cm³/mol. The number of aromatic nitrogens is 1. The number of anilines is 1. The highest BCUT2D eigenvalue weighted by molar-refractivity contribution is 5.92. The number of carbonyl (C=O) groups excluding carboxylic acids is 1. The highest BCUT2D eigenvalue weighted by Crippen LogP contribution is 2.01. The Bertz CT molecular complexity index is 269. The van der Waals surface area contributed by atoms with Gasteiger partial charge in [-0.1, -0.05) is 6.92 Å². The first-order chi connectivity index (χ1) is 5.74.